The van der Waals surface area contributed by atoms with Gasteiger partial charge in [0.25, 0.3) is 0 Å². The van der Waals surface area contributed by atoms with E-state index in [0.717, 1.165) is 16.9 Å². The highest BCUT2D eigenvalue weighted by atomic mass is 19.1. The summed E-state index contributed by atoms with van der Waals surface area (Å²) in [5.74, 6) is 1.33. The Bertz CT molecular complexity index is 701. The second kappa shape index (κ2) is 8.91. The lowest BCUT2D eigenvalue weighted by Crippen LogP contribution is -2.36. The van der Waals surface area contributed by atoms with E-state index in [4.69, 9.17) is 4.74 Å². The molecule has 0 saturated carbocycles. The fraction of sp³-hybridized carbons (Fsp3) is 0.316. The SMILES string of the molecule is CCOc1ccccc1CNC(=NC)NCc1ccc(C)c(F)c1. The van der Waals surface area contributed by atoms with Crippen LogP contribution >= 0.6 is 0 Å². The molecular weight excluding hydrogens is 305 g/mol. The summed E-state index contributed by atoms with van der Waals surface area (Å²) < 4.78 is 19.2. The van der Waals surface area contributed by atoms with Gasteiger partial charge in [-0.25, -0.2) is 4.39 Å². The number of guanidine groups is 1. The van der Waals surface area contributed by atoms with Crippen LogP contribution in [0.4, 0.5) is 4.39 Å². The minimum atomic E-state index is -0.192. The number of aryl methyl sites for hydroxylation is 1. The van der Waals surface area contributed by atoms with Gasteiger partial charge in [0.1, 0.15) is 11.6 Å². The minimum Gasteiger partial charge on any atom is -0.494 e. The lowest BCUT2D eigenvalue weighted by atomic mass is 10.1. The summed E-state index contributed by atoms with van der Waals surface area (Å²) in [5, 5.41) is 6.43. The Labute approximate surface area is 142 Å². The van der Waals surface area contributed by atoms with Gasteiger partial charge in [0.15, 0.2) is 5.96 Å². The first-order chi connectivity index (χ1) is 11.6. The normalized spacial score (nSPS) is 11.2. The van der Waals surface area contributed by atoms with Crippen LogP contribution in [0.25, 0.3) is 0 Å². The van der Waals surface area contributed by atoms with Gasteiger partial charge in [0.05, 0.1) is 6.61 Å². The number of aliphatic imine (C=N–C) groups is 1. The van der Waals surface area contributed by atoms with Crippen molar-refractivity contribution in [2.75, 3.05) is 13.7 Å². The Morgan fingerprint density at radius 3 is 2.58 bits per heavy atom. The van der Waals surface area contributed by atoms with E-state index in [-0.39, 0.29) is 5.82 Å². The van der Waals surface area contributed by atoms with Crippen molar-refractivity contribution in [2.24, 2.45) is 4.99 Å². The largest absolute Gasteiger partial charge is 0.494 e. The van der Waals surface area contributed by atoms with E-state index in [9.17, 15) is 4.39 Å². The van der Waals surface area contributed by atoms with Gasteiger partial charge in [-0.15, -0.1) is 0 Å². The van der Waals surface area contributed by atoms with Crippen molar-refractivity contribution in [3.63, 3.8) is 0 Å². The van der Waals surface area contributed by atoms with Gasteiger partial charge < -0.3 is 15.4 Å². The molecule has 0 radical (unpaired) electrons. The summed E-state index contributed by atoms with van der Waals surface area (Å²) in [6, 6.07) is 13.1. The lowest BCUT2D eigenvalue weighted by Gasteiger charge is -2.14. The Balaban J connectivity index is 1.92. The number of halogens is 1. The van der Waals surface area contributed by atoms with Crippen LogP contribution in [0, 0.1) is 12.7 Å². The van der Waals surface area contributed by atoms with Crippen LogP contribution in [-0.2, 0) is 13.1 Å². The number of ether oxygens (including phenoxy) is 1. The molecule has 0 bridgehead atoms. The molecule has 5 heteroatoms. The van der Waals surface area contributed by atoms with Crippen LogP contribution < -0.4 is 15.4 Å². The van der Waals surface area contributed by atoms with Crippen LogP contribution in [0.1, 0.15) is 23.6 Å². The van der Waals surface area contributed by atoms with Gasteiger partial charge in [0, 0.05) is 25.7 Å². The molecule has 0 aliphatic heterocycles. The van der Waals surface area contributed by atoms with Gasteiger partial charge in [-0.1, -0.05) is 30.3 Å². The molecule has 0 amide bonds. The van der Waals surface area contributed by atoms with E-state index in [2.05, 4.69) is 15.6 Å². The first-order valence-corrected chi connectivity index (χ1v) is 8.04. The molecule has 0 spiro atoms. The third kappa shape index (κ3) is 4.98. The quantitative estimate of drug-likeness (QED) is 0.631. The van der Waals surface area contributed by atoms with Crippen molar-refractivity contribution in [1.29, 1.82) is 0 Å². The van der Waals surface area contributed by atoms with Crippen molar-refractivity contribution in [3.05, 3.63) is 65.0 Å². The van der Waals surface area contributed by atoms with E-state index in [1.807, 2.05) is 37.3 Å². The fourth-order valence-electron chi connectivity index (χ4n) is 2.28. The van der Waals surface area contributed by atoms with Gasteiger partial charge >= 0.3 is 0 Å². The molecule has 0 aromatic heterocycles. The van der Waals surface area contributed by atoms with Crippen molar-refractivity contribution in [2.45, 2.75) is 26.9 Å². The molecular formula is C19H24FN3O. The van der Waals surface area contributed by atoms with E-state index < -0.39 is 0 Å². The Kier molecular flexibility index (Phi) is 6.61. The van der Waals surface area contributed by atoms with Crippen molar-refractivity contribution >= 4 is 5.96 Å². The summed E-state index contributed by atoms with van der Waals surface area (Å²) in [4.78, 5) is 4.19. The Hall–Kier alpha value is -2.56. The molecule has 0 atom stereocenters. The summed E-state index contributed by atoms with van der Waals surface area (Å²) in [6.07, 6.45) is 0. The number of hydrogen-bond donors (Lipinski definition) is 2. The maximum Gasteiger partial charge on any atom is 0.191 e. The topological polar surface area (TPSA) is 45.6 Å². The Morgan fingerprint density at radius 2 is 1.88 bits per heavy atom. The van der Waals surface area contributed by atoms with Crippen LogP contribution in [0.15, 0.2) is 47.5 Å². The van der Waals surface area contributed by atoms with Gasteiger partial charge in [-0.05, 0) is 37.1 Å². The van der Waals surface area contributed by atoms with Gasteiger partial charge in [0.2, 0.25) is 0 Å². The summed E-state index contributed by atoms with van der Waals surface area (Å²) in [7, 11) is 1.71. The average Bonchev–Trinajstić information content (AvgIpc) is 2.59. The molecule has 0 heterocycles. The second-order valence-electron chi connectivity index (χ2n) is 5.40. The molecule has 0 fully saturated rings. The third-order valence-electron chi connectivity index (χ3n) is 3.64. The van der Waals surface area contributed by atoms with E-state index in [1.165, 1.54) is 0 Å². The third-order valence-corrected chi connectivity index (χ3v) is 3.64. The van der Waals surface area contributed by atoms with Crippen molar-refractivity contribution < 1.29 is 9.13 Å². The standard InChI is InChI=1S/C19H24FN3O/c1-4-24-18-8-6-5-7-16(18)13-23-19(21-3)22-12-15-10-9-14(2)17(20)11-15/h5-11H,4,12-13H2,1-3H3,(H2,21,22,23). The van der Waals surface area contributed by atoms with E-state index in [1.54, 1.807) is 26.1 Å². The zero-order valence-electron chi connectivity index (χ0n) is 14.4. The zero-order chi connectivity index (χ0) is 17.4. The van der Waals surface area contributed by atoms with Gasteiger partial charge in [-0.3, -0.25) is 4.99 Å². The molecule has 2 N–H and O–H groups in total. The molecule has 0 aliphatic rings. The van der Waals surface area contributed by atoms with Crippen LogP contribution in [-0.4, -0.2) is 19.6 Å². The number of para-hydroxylation sites is 1. The maximum atomic E-state index is 13.6. The van der Waals surface area contributed by atoms with Crippen LogP contribution in [0.3, 0.4) is 0 Å². The molecule has 0 aliphatic carbocycles. The van der Waals surface area contributed by atoms with Crippen molar-refractivity contribution in [3.8, 4) is 5.75 Å². The number of rotatable bonds is 6. The first kappa shape index (κ1) is 17.8. The second-order valence-corrected chi connectivity index (χ2v) is 5.40. The Morgan fingerprint density at radius 1 is 1.12 bits per heavy atom. The maximum absolute atomic E-state index is 13.6. The highest BCUT2D eigenvalue weighted by Crippen LogP contribution is 2.17. The number of nitrogens with zero attached hydrogens (tertiary/aromatic N) is 1. The predicted molar refractivity (Wildman–Crippen MR) is 95.8 cm³/mol. The lowest BCUT2D eigenvalue weighted by molar-refractivity contribution is 0.336. The highest BCUT2D eigenvalue weighted by Gasteiger charge is 2.05. The molecule has 2 aromatic rings. The molecule has 4 nitrogen and oxygen atoms in total. The number of hydrogen-bond acceptors (Lipinski definition) is 2. The van der Waals surface area contributed by atoms with E-state index >= 15 is 0 Å². The van der Waals surface area contributed by atoms with Crippen molar-refractivity contribution in [1.82, 2.24) is 10.6 Å². The predicted octanol–water partition coefficient (Wildman–Crippen LogP) is 3.40. The van der Waals surface area contributed by atoms with Crippen LogP contribution in [0.2, 0.25) is 0 Å². The van der Waals surface area contributed by atoms with Crippen LogP contribution in [0.5, 0.6) is 5.75 Å². The molecule has 2 aromatic carbocycles. The molecule has 0 unspecified atom stereocenters. The summed E-state index contributed by atoms with van der Waals surface area (Å²) in [5.41, 5.74) is 2.58. The smallest absolute Gasteiger partial charge is 0.191 e. The van der Waals surface area contributed by atoms with Gasteiger partial charge in [-0.2, -0.15) is 0 Å². The van der Waals surface area contributed by atoms with E-state index in [0.29, 0.717) is 31.2 Å². The fourth-order valence-corrected chi connectivity index (χ4v) is 2.28. The molecule has 0 saturated heterocycles. The zero-order valence-corrected chi connectivity index (χ0v) is 14.4. The first-order valence-electron chi connectivity index (χ1n) is 8.04. The number of nitrogens with one attached hydrogen (secondary N) is 2. The highest BCUT2D eigenvalue weighted by molar-refractivity contribution is 5.79. The molecule has 24 heavy (non-hydrogen) atoms. The average molecular weight is 329 g/mol. The molecule has 2 rings (SSSR count). The minimum absolute atomic E-state index is 0.192. The number of benzene rings is 2. The summed E-state index contributed by atoms with van der Waals surface area (Å²) in [6.45, 7) is 5.44. The monoisotopic (exact) mass is 329 g/mol. The molecule has 128 valence electrons. The summed E-state index contributed by atoms with van der Waals surface area (Å²) >= 11 is 0.